The first-order chi connectivity index (χ1) is 13.6. The van der Waals surface area contributed by atoms with Crippen molar-refractivity contribution in [1.29, 1.82) is 0 Å². The van der Waals surface area contributed by atoms with Crippen LogP contribution in [-0.2, 0) is 4.79 Å². The lowest BCUT2D eigenvalue weighted by Crippen LogP contribution is -2.38. The third kappa shape index (κ3) is 4.04. The Morgan fingerprint density at radius 3 is 2.64 bits per heavy atom. The third-order valence-electron chi connectivity index (χ3n) is 4.91. The first-order valence-electron chi connectivity index (χ1n) is 9.09. The molecule has 0 bridgehead atoms. The Labute approximate surface area is 171 Å². The lowest BCUT2D eigenvalue weighted by atomic mass is 9.95. The first kappa shape index (κ1) is 18.5. The minimum absolute atomic E-state index is 0.00294. The lowest BCUT2D eigenvalue weighted by Gasteiger charge is -2.32. The van der Waals surface area contributed by atoms with Gasteiger partial charge in [-0.2, -0.15) is 5.10 Å². The van der Waals surface area contributed by atoms with Gasteiger partial charge in [-0.05, 0) is 43.5 Å². The number of nitrogens with zero attached hydrogens (tertiary/aromatic N) is 6. The number of aryl methyl sites for hydroxylation is 1. The summed E-state index contributed by atoms with van der Waals surface area (Å²) in [6.07, 6.45) is 6.17. The Hall–Kier alpha value is -2.81. The normalized spacial score (nSPS) is 14.9. The van der Waals surface area contributed by atoms with Gasteiger partial charge in [-0.25, -0.2) is 19.6 Å². The average molecular weight is 442 g/mol. The zero-order valence-corrected chi connectivity index (χ0v) is 17.0. The fourth-order valence-corrected chi connectivity index (χ4v) is 3.55. The molecule has 3 heterocycles. The van der Waals surface area contributed by atoms with Gasteiger partial charge < -0.3 is 10.2 Å². The maximum Gasteiger partial charge on any atom is 0.227 e. The van der Waals surface area contributed by atoms with Crippen molar-refractivity contribution >= 4 is 33.3 Å². The SMILES string of the molecule is Cc1cc(NC(=O)C2CCN(c3cc(-n4cncn4)ncn3)CC2)ccc1Br. The molecule has 1 aliphatic rings. The molecule has 1 saturated heterocycles. The Kier molecular flexibility index (Phi) is 5.34. The maximum atomic E-state index is 12.6. The van der Waals surface area contributed by atoms with E-state index in [0.717, 1.165) is 47.5 Å². The van der Waals surface area contributed by atoms with Gasteiger partial charge in [-0.1, -0.05) is 15.9 Å². The highest BCUT2D eigenvalue weighted by Crippen LogP contribution is 2.25. The number of aromatic nitrogens is 5. The van der Waals surface area contributed by atoms with Gasteiger partial charge in [0.1, 0.15) is 24.8 Å². The smallest absolute Gasteiger partial charge is 0.227 e. The number of piperidine rings is 1. The highest BCUT2D eigenvalue weighted by Gasteiger charge is 2.26. The molecule has 9 heteroatoms. The summed E-state index contributed by atoms with van der Waals surface area (Å²) in [6.45, 7) is 3.55. The van der Waals surface area contributed by atoms with E-state index < -0.39 is 0 Å². The predicted octanol–water partition coefficient (Wildman–Crippen LogP) is 2.98. The molecule has 0 atom stereocenters. The number of amides is 1. The molecule has 1 N–H and O–H groups in total. The molecule has 0 aliphatic carbocycles. The fraction of sp³-hybridized carbons (Fsp3) is 0.316. The van der Waals surface area contributed by atoms with Crippen molar-refractivity contribution < 1.29 is 4.79 Å². The average Bonchev–Trinajstić information content (AvgIpc) is 3.26. The molecule has 0 unspecified atom stereocenters. The number of carbonyl (C=O) groups excluding carboxylic acids is 1. The van der Waals surface area contributed by atoms with Crippen LogP contribution in [0.25, 0.3) is 5.82 Å². The molecular weight excluding hydrogens is 422 g/mol. The summed E-state index contributed by atoms with van der Waals surface area (Å²) in [5.74, 6) is 1.58. The standard InChI is InChI=1S/C19H20BrN7O/c1-13-8-15(2-3-16(13)20)25-19(28)14-4-6-26(7-5-14)17-9-18(23-11-22-17)27-12-21-10-24-27/h2-3,8-12,14H,4-7H2,1H3,(H,25,28). The summed E-state index contributed by atoms with van der Waals surface area (Å²) in [5, 5.41) is 7.14. The van der Waals surface area contributed by atoms with E-state index in [1.807, 2.05) is 31.2 Å². The van der Waals surface area contributed by atoms with Gasteiger partial charge in [0.05, 0.1) is 0 Å². The highest BCUT2D eigenvalue weighted by atomic mass is 79.9. The Morgan fingerprint density at radius 2 is 1.93 bits per heavy atom. The van der Waals surface area contributed by atoms with Crippen LogP contribution in [0.15, 0.2) is 47.7 Å². The van der Waals surface area contributed by atoms with Gasteiger partial charge in [-0.15, -0.1) is 0 Å². The van der Waals surface area contributed by atoms with Gasteiger partial charge in [0.2, 0.25) is 5.91 Å². The van der Waals surface area contributed by atoms with Gasteiger partial charge in [-0.3, -0.25) is 4.79 Å². The molecule has 8 nitrogen and oxygen atoms in total. The van der Waals surface area contributed by atoms with Crippen molar-refractivity contribution in [3.05, 3.63) is 53.3 Å². The molecular formula is C19H20BrN7O. The number of nitrogens with one attached hydrogen (secondary N) is 1. The molecule has 2 aromatic heterocycles. The fourth-order valence-electron chi connectivity index (χ4n) is 3.30. The number of hydrogen-bond acceptors (Lipinski definition) is 6. The van der Waals surface area contributed by atoms with Crippen LogP contribution in [0.1, 0.15) is 18.4 Å². The molecule has 28 heavy (non-hydrogen) atoms. The Morgan fingerprint density at radius 1 is 1.14 bits per heavy atom. The molecule has 0 saturated carbocycles. The predicted molar refractivity (Wildman–Crippen MR) is 109 cm³/mol. The van der Waals surface area contributed by atoms with Crippen LogP contribution in [0, 0.1) is 12.8 Å². The summed E-state index contributed by atoms with van der Waals surface area (Å²) in [5.41, 5.74) is 1.93. The van der Waals surface area contributed by atoms with Crippen molar-refractivity contribution in [1.82, 2.24) is 24.7 Å². The highest BCUT2D eigenvalue weighted by molar-refractivity contribution is 9.10. The summed E-state index contributed by atoms with van der Waals surface area (Å²) < 4.78 is 2.64. The van der Waals surface area contributed by atoms with Crippen molar-refractivity contribution in [3.8, 4) is 5.82 Å². The monoisotopic (exact) mass is 441 g/mol. The van der Waals surface area contributed by atoms with Gasteiger partial charge in [0.25, 0.3) is 0 Å². The van der Waals surface area contributed by atoms with Crippen LogP contribution >= 0.6 is 15.9 Å². The molecule has 1 fully saturated rings. The van der Waals surface area contributed by atoms with E-state index in [-0.39, 0.29) is 11.8 Å². The molecule has 1 aromatic carbocycles. The second-order valence-electron chi connectivity index (χ2n) is 6.79. The zero-order valence-electron chi connectivity index (χ0n) is 15.4. The van der Waals surface area contributed by atoms with E-state index >= 15 is 0 Å². The number of rotatable bonds is 4. The van der Waals surface area contributed by atoms with Crippen LogP contribution < -0.4 is 10.2 Å². The lowest BCUT2D eigenvalue weighted by molar-refractivity contribution is -0.120. The van der Waals surface area contributed by atoms with Crippen molar-refractivity contribution in [2.45, 2.75) is 19.8 Å². The minimum atomic E-state index is -0.00294. The third-order valence-corrected chi connectivity index (χ3v) is 5.80. The molecule has 0 spiro atoms. The number of halogens is 1. The first-order valence-corrected chi connectivity index (χ1v) is 9.88. The number of benzene rings is 1. The van der Waals surface area contributed by atoms with E-state index in [1.165, 1.54) is 12.7 Å². The summed E-state index contributed by atoms with van der Waals surface area (Å²) in [7, 11) is 0. The number of hydrogen-bond donors (Lipinski definition) is 1. The van der Waals surface area contributed by atoms with Crippen molar-refractivity contribution in [3.63, 3.8) is 0 Å². The number of carbonyl (C=O) groups is 1. The molecule has 1 aliphatic heterocycles. The van der Waals surface area contributed by atoms with E-state index in [9.17, 15) is 4.79 Å². The summed E-state index contributed by atoms with van der Waals surface area (Å²) >= 11 is 3.48. The molecule has 144 valence electrons. The van der Waals surface area contributed by atoms with E-state index in [2.05, 4.69) is 46.2 Å². The van der Waals surface area contributed by atoms with Crippen molar-refractivity contribution in [2.75, 3.05) is 23.3 Å². The maximum absolute atomic E-state index is 12.6. The second-order valence-corrected chi connectivity index (χ2v) is 7.64. The quantitative estimate of drug-likeness (QED) is 0.669. The van der Waals surface area contributed by atoms with Crippen LogP contribution in [0.5, 0.6) is 0 Å². The van der Waals surface area contributed by atoms with Crippen LogP contribution in [0.3, 0.4) is 0 Å². The van der Waals surface area contributed by atoms with E-state index in [1.54, 1.807) is 11.0 Å². The Bertz CT molecular complexity index is 968. The van der Waals surface area contributed by atoms with Crippen LogP contribution in [0.4, 0.5) is 11.5 Å². The van der Waals surface area contributed by atoms with E-state index in [4.69, 9.17) is 0 Å². The van der Waals surface area contributed by atoms with Crippen molar-refractivity contribution in [2.24, 2.45) is 5.92 Å². The topological polar surface area (TPSA) is 88.8 Å². The molecule has 0 radical (unpaired) electrons. The summed E-state index contributed by atoms with van der Waals surface area (Å²) in [6, 6.07) is 7.73. The Balaban J connectivity index is 1.37. The van der Waals surface area contributed by atoms with Gasteiger partial charge >= 0.3 is 0 Å². The van der Waals surface area contributed by atoms with Crippen LogP contribution in [-0.4, -0.2) is 43.7 Å². The molecule has 1 amide bonds. The second kappa shape index (κ2) is 8.05. The summed E-state index contributed by atoms with van der Waals surface area (Å²) in [4.78, 5) is 27.4. The molecule has 3 aromatic rings. The van der Waals surface area contributed by atoms with E-state index in [0.29, 0.717) is 5.82 Å². The zero-order chi connectivity index (χ0) is 19.5. The van der Waals surface area contributed by atoms with Gasteiger partial charge in [0, 0.05) is 35.2 Å². The largest absolute Gasteiger partial charge is 0.356 e. The minimum Gasteiger partial charge on any atom is -0.356 e. The number of anilines is 2. The van der Waals surface area contributed by atoms with Crippen LogP contribution in [0.2, 0.25) is 0 Å². The van der Waals surface area contributed by atoms with Gasteiger partial charge in [0.15, 0.2) is 5.82 Å². The molecule has 4 rings (SSSR count).